The van der Waals surface area contributed by atoms with E-state index in [1.54, 1.807) is 0 Å². The van der Waals surface area contributed by atoms with Gasteiger partial charge in [-0.15, -0.1) is 0 Å². The molecule has 6 unspecified atom stereocenters. The van der Waals surface area contributed by atoms with Gasteiger partial charge in [0.25, 0.3) is 0 Å². The van der Waals surface area contributed by atoms with Crippen molar-refractivity contribution in [1.82, 2.24) is 26.2 Å². The Kier molecular flexibility index (Phi) is 72.1. The van der Waals surface area contributed by atoms with Gasteiger partial charge in [-0.2, -0.15) is 0 Å². The van der Waals surface area contributed by atoms with E-state index in [0.717, 1.165) is 83.6 Å². The number of amides is 4. The summed E-state index contributed by atoms with van der Waals surface area (Å²) in [4.78, 5) is 56.1. The summed E-state index contributed by atoms with van der Waals surface area (Å²) in [7, 11) is 2.09. The smallest absolute Gasteiger partial charge is 0.222 e. The molecule has 38 nitrogen and oxygen atoms in total. The summed E-state index contributed by atoms with van der Waals surface area (Å²) in [5, 5.41) is 131. The van der Waals surface area contributed by atoms with E-state index in [0.29, 0.717) is 19.6 Å². The van der Waals surface area contributed by atoms with E-state index in [-0.39, 0.29) is 214 Å². The van der Waals surface area contributed by atoms with Crippen LogP contribution in [0.3, 0.4) is 0 Å². The van der Waals surface area contributed by atoms with Crippen LogP contribution in [-0.2, 0) is 99.7 Å². The minimum atomic E-state index is -1.58. The number of ether oxygens (including phenoxy) is 17. The van der Waals surface area contributed by atoms with E-state index >= 15 is 0 Å². The fourth-order valence-electron chi connectivity index (χ4n) is 15.3. The van der Waals surface area contributed by atoms with E-state index in [1.807, 2.05) is 0 Å². The normalized spacial score (nSPS) is 24.4. The first-order valence-electron chi connectivity index (χ1n) is 49.8. The van der Waals surface area contributed by atoms with Gasteiger partial charge in [0.15, 0.2) is 24.7 Å². The molecule has 0 radical (unpaired) electrons. The van der Waals surface area contributed by atoms with Gasteiger partial charge in [-0.05, 0) is 103 Å². The van der Waals surface area contributed by atoms with Crippen LogP contribution in [-0.4, -0.2) is 404 Å². The van der Waals surface area contributed by atoms with Gasteiger partial charge in [0.05, 0.1) is 171 Å². The fourth-order valence-corrected chi connectivity index (χ4v) is 15.3. The average Bonchev–Trinajstić information content (AvgIpc) is 1.32. The minimum Gasteiger partial charge on any atom is -0.394 e. The predicted octanol–water partition coefficient (Wildman–Crippen LogP) is 3.97. The Bertz CT molecular complexity index is 2760. The zero-order chi connectivity index (χ0) is 97.2. The van der Waals surface area contributed by atoms with Crippen LogP contribution in [0.2, 0.25) is 0 Å². The van der Waals surface area contributed by atoms with E-state index in [9.17, 15) is 80.5 Å². The molecular weight excluding hydrogens is 1750 g/mol. The van der Waals surface area contributed by atoms with Gasteiger partial charge >= 0.3 is 0 Å². The maximum absolute atomic E-state index is 14.3. The molecule has 0 aromatic heterocycles. The molecule has 4 fully saturated rings. The second kappa shape index (κ2) is 79.2. The molecular formula is C96H175N5O33. The Morgan fingerprint density at radius 2 is 0.679 bits per heavy atom. The summed E-state index contributed by atoms with van der Waals surface area (Å²) in [5.41, 5.74) is -1.41. The van der Waals surface area contributed by atoms with Crippen molar-refractivity contribution < 1.29 is 161 Å². The van der Waals surface area contributed by atoms with Crippen molar-refractivity contribution in [3.63, 3.8) is 0 Å². The Labute approximate surface area is 796 Å². The second-order valence-electron chi connectivity index (χ2n) is 34.9. The maximum Gasteiger partial charge on any atom is 0.222 e. The monoisotopic (exact) mass is 1930 g/mol. The van der Waals surface area contributed by atoms with Gasteiger partial charge < -0.3 is 168 Å². The standard InChI is InChI=1S/C96H175N5O33/c1-4-6-8-10-12-14-16-18-20-22-24-26-28-30-32-36-43-96(44-37-33-31-29-27-25-23-21-19-17-15-13-11-9-7-5-2)130-71-75(134-96)67-101(3)48-38-34-35-39-82(108)100-95(72-124-49-40-79(105)97-45-52-118-55-58-121-61-64-127-92-89(115)86(112)83(109)76(68-102)131-92,73-125-50-41-80(106)98-46-53-119-56-59-122-62-65-128-93-90(116)87(113)84(110)77(69-103)132-93)74-126-51-42-81(107)99-47-54-120-57-60-123-63-66-129-94-91(117)88(114)85(111)78(70-104)133-94/h12-15,18-21,75-78,83-94,102-104,109-117H,4-11,16-17,22-74H2,1-3H3,(H,97,105)(H,98,106)(H,99,107)(H,100,108)/b14-12-,15-13-,20-18-,21-19-/t75-,76?,77?,78?,83-,84-,85-,86-,87-,88-,89?,90?,91?,92+,93+,94+,95?/m0/s1. The lowest BCUT2D eigenvalue weighted by Crippen LogP contribution is -2.59. The van der Waals surface area contributed by atoms with Crippen molar-refractivity contribution in [2.75, 3.05) is 205 Å². The number of nitrogens with one attached hydrogen (secondary N) is 4. The molecule has 134 heavy (non-hydrogen) atoms. The number of aliphatic hydroxyl groups excluding tert-OH is 12. The Balaban J connectivity index is 1.34. The first-order chi connectivity index (χ1) is 65.2. The first kappa shape index (κ1) is 122. The van der Waals surface area contributed by atoms with Crippen LogP contribution in [0.4, 0.5) is 0 Å². The van der Waals surface area contributed by atoms with E-state index in [2.05, 4.69) is 95.7 Å². The van der Waals surface area contributed by atoms with Crippen LogP contribution < -0.4 is 21.3 Å². The number of carbonyl (C=O) groups is 4. The second-order valence-corrected chi connectivity index (χ2v) is 34.9. The molecule has 16 N–H and O–H groups in total. The molecule has 4 saturated heterocycles. The third-order valence-electron chi connectivity index (χ3n) is 23.2. The highest BCUT2D eigenvalue weighted by Crippen LogP contribution is 2.36. The Morgan fingerprint density at radius 3 is 1.03 bits per heavy atom. The zero-order valence-corrected chi connectivity index (χ0v) is 80.8. The highest BCUT2D eigenvalue weighted by molar-refractivity contribution is 5.77. The molecule has 0 spiro atoms. The molecule has 4 aliphatic heterocycles. The number of aliphatic hydroxyl groups is 12. The van der Waals surface area contributed by atoms with Crippen LogP contribution in [0, 0.1) is 0 Å². The van der Waals surface area contributed by atoms with Crippen LogP contribution in [0.5, 0.6) is 0 Å². The number of unbranched alkanes of at least 4 members (excludes halogenated alkanes) is 20. The minimum absolute atomic E-state index is 0.0405. The molecule has 0 saturated carbocycles. The lowest BCUT2D eigenvalue weighted by atomic mass is 9.98. The van der Waals surface area contributed by atoms with Crippen LogP contribution in [0.15, 0.2) is 48.6 Å². The molecule has 0 aromatic carbocycles. The summed E-state index contributed by atoms with van der Waals surface area (Å²) in [6.07, 6.45) is 29.4. The molecule has 4 amide bonds. The third-order valence-corrected chi connectivity index (χ3v) is 23.2. The van der Waals surface area contributed by atoms with E-state index in [4.69, 9.17) is 80.5 Å². The molecule has 0 aliphatic carbocycles. The quantitative estimate of drug-likeness (QED) is 0.0302. The predicted molar refractivity (Wildman–Crippen MR) is 498 cm³/mol. The highest BCUT2D eigenvalue weighted by Gasteiger charge is 2.47. The van der Waals surface area contributed by atoms with E-state index < -0.39 is 123 Å². The average molecular weight is 1930 g/mol. The molecule has 0 bridgehead atoms. The Hall–Kier alpha value is -4.36. The number of nitrogens with zero attached hydrogens (tertiary/aromatic N) is 1. The molecule has 0 aromatic rings. The molecule has 782 valence electrons. The number of carbonyl (C=O) groups excluding carboxylic acids is 4. The summed E-state index contributed by atoms with van der Waals surface area (Å²) < 4.78 is 98.0. The van der Waals surface area contributed by atoms with Gasteiger partial charge in [-0.3, -0.25) is 19.2 Å². The molecule has 4 rings (SSSR count). The molecule has 4 heterocycles. The lowest BCUT2D eigenvalue weighted by Gasteiger charge is -2.39. The van der Waals surface area contributed by atoms with Gasteiger partial charge in [-0.1, -0.05) is 146 Å². The number of rotatable bonds is 87. The maximum atomic E-state index is 14.3. The number of allylic oxidation sites excluding steroid dienone is 8. The van der Waals surface area contributed by atoms with Gasteiger partial charge in [0.1, 0.15) is 78.8 Å². The largest absolute Gasteiger partial charge is 0.394 e. The van der Waals surface area contributed by atoms with Crippen LogP contribution in [0.25, 0.3) is 0 Å². The summed E-state index contributed by atoms with van der Waals surface area (Å²) in [6, 6.07) is 0. The van der Waals surface area contributed by atoms with Crippen LogP contribution >= 0.6 is 0 Å². The topological polar surface area (TPSA) is 519 Å². The number of hydrogen-bond acceptors (Lipinski definition) is 34. The van der Waals surface area contributed by atoms with Gasteiger partial charge in [-0.25, -0.2) is 0 Å². The van der Waals surface area contributed by atoms with Gasteiger partial charge in [0, 0.05) is 64.7 Å². The van der Waals surface area contributed by atoms with Crippen molar-refractivity contribution in [3.8, 4) is 0 Å². The van der Waals surface area contributed by atoms with Gasteiger partial charge in [0.2, 0.25) is 23.6 Å². The third kappa shape index (κ3) is 56.3. The SMILES string of the molecule is CCCCC/C=C\C/C=C\CCCCCCCCC1(CCCCCCCC/C=C\C/C=C\CCCCC)OC[C@H](CN(C)CCCCCC(=O)NC(COCCC(=O)NCCOCCOCCO[C@@H]2OC(CO)[C@H](O)[C@H](O)C2O)(COCCC(=O)NCCOCCOCCO[C@@H]2OC(CO)[C@H](O)[C@H](O)C2O)COCCC(=O)NCCOCCOCCO[C@@H]2OC(CO)[C@H](O)[C@H](O)C2O)O1. The van der Waals surface area contributed by atoms with Crippen molar-refractivity contribution in [2.45, 2.75) is 335 Å². The number of hydrogen-bond donors (Lipinski definition) is 16. The van der Waals surface area contributed by atoms with Crippen molar-refractivity contribution in [2.24, 2.45) is 0 Å². The molecule has 16 atom stereocenters. The first-order valence-corrected chi connectivity index (χ1v) is 49.8. The van der Waals surface area contributed by atoms with Crippen LogP contribution in [0.1, 0.15) is 226 Å². The fraction of sp³-hybridized carbons (Fsp3) is 0.875. The molecule has 4 aliphatic rings. The van der Waals surface area contributed by atoms with E-state index in [1.165, 1.54) is 103 Å². The number of likely N-dealkylation sites (N-methyl/N-ethyl adjacent to an activating group) is 1. The highest BCUT2D eigenvalue weighted by atomic mass is 16.8. The van der Waals surface area contributed by atoms with Crippen molar-refractivity contribution in [1.29, 1.82) is 0 Å². The zero-order valence-electron chi connectivity index (χ0n) is 80.8. The summed E-state index contributed by atoms with van der Waals surface area (Å²) >= 11 is 0. The Morgan fingerprint density at radius 1 is 0.358 bits per heavy atom. The van der Waals surface area contributed by atoms with Crippen molar-refractivity contribution >= 4 is 23.6 Å². The summed E-state index contributed by atoms with van der Waals surface area (Å²) in [5.74, 6) is -2.00. The lowest BCUT2D eigenvalue weighted by molar-refractivity contribution is -0.302. The summed E-state index contributed by atoms with van der Waals surface area (Å²) in [6.45, 7) is 5.65. The van der Waals surface area contributed by atoms with Crippen molar-refractivity contribution in [3.05, 3.63) is 48.6 Å². The molecule has 38 heteroatoms.